The van der Waals surface area contributed by atoms with Crippen molar-refractivity contribution in [3.63, 3.8) is 0 Å². The lowest BCUT2D eigenvalue weighted by atomic mass is 9.52. The molecule has 1 unspecified atom stereocenters. The number of aryl methyl sites for hydroxylation is 1. The Bertz CT molecular complexity index is 1220. The lowest BCUT2D eigenvalue weighted by Gasteiger charge is -2.54. The maximum Gasteiger partial charge on any atom is 0.120 e. The van der Waals surface area contributed by atoms with Gasteiger partial charge in [-0.3, -0.25) is 0 Å². The summed E-state index contributed by atoms with van der Waals surface area (Å²) in [5.41, 5.74) is 5.75. The van der Waals surface area contributed by atoms with Crippen molar-refractivity contribution in [1.82, 2.24) is 0 Å². The van der Waals surface area contributed by atoms with Crippen molar-refractivity contribution < 1.29 is 14.2 Å². The van der Waals surface area contributed by atoms with Crippen LogP contribution in [0.15, 0.2) is 78.9 Å². The highest BCUT2D eigenvalue weighted by atomic mass is 16.5. The van der Waals surface area contributed by atoms with Gasteiger partial charge in [-0.1, -0.05) is 87.0 Å². The molecule has 212 valence electrons. The van der Waals surface area contributed by atoms with Crippen LogP contribution in [0.3, 0.4) is 0 Å². The number of hydrogen-bond donors (Lipinski definition) is 0. The first kappa shape index (κ1) is 27.5. The molecule has 0 bridgehead atoms. The molecule has 3 nitrogen and oxygen atoms in total. The predicted octanol–water partition coefficient (Wildman–Crippen LogP) is 8.75. The molecule has 3 aliphatic rings. The van der Waals surface area contributed by atoms with Gasteiger partial charge < -0.3 is 14.2 Å². The van der Waals surface area contributed by atoms with Crippen molar-refractivity contribution >= 4 is 0 Å². The topological polar surface area (TPSA) is 27.7 Å². The van der Waals surface area contributed by atoms with Gasteiger partial charge in [-0.25, -0.2) is 0 Å². The molecule has 6 atom stereocenters. The molecule has 0 spiro atoms. The zero-order chi connectivity index (χ0) is 27.4. The molecule has 3 aromatic rings. The smallest absolute Gasteiger partial charge is 0.120 e. The maximum absolute atomic E-state index is 6.72. The normalized spacial score (nSPS) is 28.9. The molecule has 0 radical (unpaired) electrons. The SMILES string of the molecule is CCCCOC[C@H]1C[C@]2(C)C(OCc3ccccc3)CC[C@H]2[C@@H]2CCc3cc(OCc4ccccc4)ccc3[C@@H]12. The summed E-state index contributed by atoms with van der Waals surface area (Å²) in [5.74, 6) is 3.51. The second-order valence-electron chi connectivity index (χ2n) is 12.7. The molecule has 0 N–H and O–H groups in total. The lowest BCUT2D eigenvalue weighted by molar-refractivity contribution is -0.0973. The minimum atomic E-state index is 0.213. The van der Waals surface area contributed by atoms with E-state index >= 15 is 0 Å². The molecule has 0 aliphatic heterocycles. The van der Waals surface area contributed by atoms with E-state index in [1.807, 2.05) is 0 Å². The van der Waals surface area contributed by atoms with E-state index in [0.717, 1.165) is 31.8 Å². The van der Waals surface area contributed by atoms with Crippen LogP contribution in [-0.4, -0.2) is 19.3 Å². The van der Waals surface area contributed by atoms with Gasteiger partial charge in [0, 0.05) is 13.2 Å². The molecule has 0 saturated heterocycles. The first-order valence-electron chi connectivity index (χ1n) is 15.7. The summed E-state index contributed by atoms with van der Waals surface area (Å²) in [6.07, 6.45) is 8.71. The Labute approximate surface area is 241 Å². The van der Waals surface area contributed by atoms with Crippen molar-refractivity contribution in [2.24, 2.45) is 23.2 Å². The molecule has 0 aromatic heterocycles. The minimum Gasteiger partial charge on any atom is -0.489 e. The summed E-state index contributed by atoms with van der Waals surface area (Å²) in [6.45, 7) is 7.86. The van der Waals surface area contributed by atoms with Crippen LogP contribution in [0.1, 0.15) is 80.5 Å². The van der Waals surface area contributed by atoms with Crippen LogP contribution in [0.25, 0.3) is 0 Å². The molecule has 0 amide bonds. The maximum atomic E-state index is 6.72. The Morgan fingerprint density at radius 1 is 0.850 bits per heavy atom. The summed E-state index contributed by atoms with van der Waals surface area (Å²) in [6, 6.07) is 28.1. The van der Waals surface area contributed by atoms with E-state index in [1.54, 1.807) is 5.56 Å². The molecule has 2 fully saturated rings. The number of benzene rings is 3. The van der Waals surface area contributed by atoms with Crippen molar-refractivity contribution in [3.8, 4) is 5.75 Å². The molecular weight excluding hydrogens is 492 g/mol. The Hall–Kier alpha value is -2.62. The molecule has 3 aromatic carbocycles. The van der Waals surface area contributed by atoms with Crippen molar-refractivity contribution in [2.75, 3.05) is 13.2 Å². The Morgan fingerprint density at radius 2 is 1.60 bits per heavy atom. The second kappa shape index (κ2) is 12.5. The summed E-state index contributed by atoms with van der Waals surface area (Å²) in [5, 5.41) is 0. The van der Waals surface area contributed by atoms with E-state index in [1.165, 1.54) is 48.8 Å². The predicted molar refractivity (Wildman–Crippen MR) is 161 cm³/mol. The van der Waals surface area contributed by atoms with E-state index in [2.05, 4.69) is 92.7 Å². The van der Waals surface area contributed by atoms with Gasteiger partial charge in [0.1, 0.15) is 12.4 Å². The van der Waals surface area contributed by atoms with Gasteiger partial charge in [0.15, 0.2) is 0 Å². The summed E-state index contributed by atoms with van der Waals surface area (Å²) < 4.78 is 19.3. The van der Waals surface area contributed by atoms with E-state index in [0.29, 0.717) is 43.0 Å². The summed E-state index contributed by atoms with van der Waals surface area (Å²) >= 11 is 0. The van der Waals surface area contributed by atoms with Gasteiger partial charge in [0.05, 0.1) is 12.7 Å². The molecule has 3 heteroatoms. The third kappa shape index (κ3) is 5.74. The Balaban J connectivity index is 1.22. The number of hydrogen-bond acceptors (Lipinski definition) is 3. The van der Waals surface area contributed by atoms with Gasteiger partial charge in [-0.2, -0.15) is 0 Å². The minimum absolute atomic E-state index is 0.213. The molecule has 0 heterocycles. The van der Waals surface area contributed by atoms with Gasteiger partial charge in [0.25, 0.3) is 0 Å². The molecule has 3 aliphatic carbocycles. The Morgan fingerprint density at radius 3 is 2.35 bits per heavy atom. The molecular formula is C37H46O3. The third-order valence-electron chi connectivity index (χ3n) is 10.2. The van der Waals surface area contributed by atoms with Crippen LogP contribution in [0.4, 0.5) is 0 Å². The van der Waals surface area contributed by atoms with Crippen LogP contribution in [-0.2, 0) is 29.1 Å². The molecule has 2 saturated carbocycles. The van der Waals surface area contributed by atoms with Crippen LogP contribution in [0.2, 0.25) is 0 Å². The number of rotatable bonds is 11. The van der Waals surface area contributed by atoms with Gasteiger partial charge in [0.2, 0.25) is 0 Å². The lowest BCUT2D eigenvalue weighted by Crippen LogP contribution is -2.49. The average molecular weight is 539 g/mol. The number of ether oxygens (including phenoxy) is 3. The van der Waals surface area contributed by atoms with Crippen LogP contribution >= 0.6 is 0 Å². The highest BCUT2D eigenvalue weighted by Crippen LogP contribution is 2.63. The first-order valence-corrected chi connectivity index (χ1v) is 15.7. The van der Waals surface area contributed by atoms with E-state index < -0.39 is 0 Å². The first-order chi connectivity index (χ1) is 19.7. The van der Waals surface area contributed by atoms with Crippen LogP contribution < -0.4 is 4.74 Å². The Kier molecular flexibility index (Phi) is 8.60. The quantitative estimate of drug-likeness (QED) is 0.228. The van der Waals surface area contributed by atoms with E-state index in [9.17, 15) is 0 Å². The number of unbranched alkanes of at least 4 members (excludes halogenated alkanes) is 1. The van der Waals surface area contributed by atoms with Gasteiger partial charge >= 0.3 is 0 Å². The molecule has 40 heavy (non-hydrogen) atoms. The molecule has 6 rings (SSSR count). The standard InChI is InChI=1S/C37H46O3/c1-3-4-21-38-26-30-23-37(2)34(19-20-35(37)40-25-28-13-9-6-10-14-28)33-17-15-29-22-31(16-18-32(29)36(30)33)39-24-27-11-7-5-8-12-27/h5-14,16,18,22,30,33-36H,3-4,15,17,19-21,23-26H2,1-2H3/t30-,33+,34+,35?,36-,37+/m1/s1. The van der Waals surface area contributed by atoms with E-state index in [4.69, 9.17) is 14.2 Å². The highest BCUT2D eigenvalue weighted by Gasteiger charge is 2.58. The zero-order valence-electron chi connectivity index (χ0n) is 24.4. The summed E-state index contributed by atoms with van der Waals surface area (Å²) in [7, 11) is 0. The van der Waals surface area contributed by atoms with Crippen molar-refractivity contribution in [2.45, 2.75) is 84.0 Å². The summed E-state index contributed by atoms with van der Waals surface area (Å²) in [4.78, 5) is 0. The second-order valence-corrected chi connectivity index (χ2v) is 12.7. The van der Waals surface area contributed by atoms with Crippen LogP contribution in [0, 0.1) is 23.2 Å². The van der Waals surface area contributed by atoms with Crippen LogP contribution in [0.5, 0.6) is 5.75 Å². The fraction of sp³-hybridized carbons (Fsp3) is 0.514. The van der Waals surface area contributed by atoms with Crippen molar-refractivity contribution in [1.29, 1.82) is 0 Å². The zero-order valence-corrected chi connectivity index (χ0v) is 24.4. The fourth-order valence-electron chi connectivity index (χ4n) is 8.34. The average Bonchev–Trinajstić information content (AvgIpc) is 3.33. The van der Waals surface area contributed by atoms with E-state index in [-0.39, 0.29) is 5.41 Å². The van der Waals surface area contributed by atoms with Gasteiger partial charge in [-0.05, 0) is 102 Å². The number of fused-ring (bicyclic) bond motifs is 5. The highest BCUT2D eigenvalue weighted by molar-refractivity contribution is 5.41. The third-order valence-corrected chi connectivity index (χ3v) is 10.2. The largest absolute Gasteiger partial charge is 0.489 e. The monoisotopic (exact) mass is 538 g/mol. The van der Waals surface area contributed by atoms with Gasteiger partial charge in [-0.15, -0.1) is 0 Å². The fourth-order valence-corrected chi connectivity index (χ4v) is 8.34. The van der Waals surface area contributed by atoms with Crippen molar-refractivity contribution in [3.05, 3.63) is 101 Å².